The molecule has 0 saturated carbocycles. The van der Waals surface area contributed by atoms with Gasteiger partial charge in [0.05, 0.1) is 0 Å². The number of hydrogen-bond donors (Lipinski definition) is 0. The molecule has 4 aliphatic carbocycles. The first kappa shape index (κ1) is 64.1. The van der Waals surface area contributed by atoms with Crippen molar-refractivity contribution in [1.29, 1.82) is 0 Å². The molecule has 0 N–H and O–H groups in total. The second-order valence-electron chi connectivity index (χ2n) is 28.4. The van der Waals surface area contributed by atoms with E-state index in [9.17, 15) is 0 Å². The van der Waals surface area contributed by atoms with Crippen LogP contribution >= 0.6 is 0 Å². The molecule has 1 heteroatoms. The second kappa shape index (κ2) is 28.4. The third-order valence-corrected chi connectivity index (χ3v) is 24.3. The Morgan fingerprint density at radius 3 is 1.62 bits per heavy atom. The molecule has 0 bridgehead atoms. The molecule has 0 spiro atoms. The Morgan fingerprint density at radius 1 is 0.527 bits per heavy atom. The number of halogens is 1. The molecule has 9 aromatic carbocycles. The molecule has 0 heterocycles. The van der Waals surface area contributed by atoms with Gasteiger partial charge in [-0.2, -0.15) is 0 Å². The Morgan fingerprint density at radius 2 is 1.05 bits per heavy atom. The third kappa shape index (κ3) is 13.3. The molecule has 0 amide bonds. The van der Waals surface area contributed by atoms with E-state index in [0.717, 1.165) is 63.2 Å². The van der Waals surface area contributed by atoms with Gasteiger partial charge in [0.1, 0.15) is 0 Å². The Kier molecular flexibility index (Phi) is 20.0. The Labute approximate surface area is 558 Å². The number of benzene rings is 9. The number of rotatable bonds is 22. The van der Waals surface area contributed by atoms with Crippen molar-refractivity contribution in [3.05, 3.63) is 332 Å². The van der Waals surface area contributed by atoms with Gasteiger partial charge < -0.3 is 0 Å². The molecular formula is C90H98I-. The quantitative estimate of drug-likeness (QED) is 0.0360. The van der Waals surface area contributed by atoms with Crippen LogP contribution < -0.4 is 21.2 Å². The summed E-state index contributed by atoms with van der Waals surface area (Å²) in [6.07, 6.45) is 25.5. The summed E-state index contributed by atoms with van der Waals surface area (Å²) in [4.78, 5) is 2.35. The van der Waals surface area contributed by atoms with Crippen LogP contribution in [0.4, 0.5) is 0 Å². The number of alkyl halides is 2. The Hall–Kier alpha value is -7.07. The fraction of sp³-hybridized carbons (Fsp3) is 0.333. The topological polar surface area (TPSA) is 0 Å². The number of allylic oxidation sites excluding steroid dienone is 6. The first-order chi connectivity index (χ1) is 44.4. The van der Waals surface area contributed by atoms with E-state index in [1.54, 1.807) is 0 Å². The van der Waals surface area contributed by atoms with E-state index in [2.05, 4.69) is 303 Å². The van der Waals surface area contributed by atoms with E-state index in [-0.39, 0.29) is 22.2 Å². The van der Waals surface area contributed by atoms with E-state index in [0.29, 0.717) is 33.0 Å². The van der Waals surface area contributed by atoms with Crippen LogP contribution in [0.2, 0.25) is 0 Å². The maximum atomic E-state index is 2.64. The molecule has 0 saturated heterocycles. The summed E-state index contributed by atoms with van der Waals surface area (Å²) in [6.45, 7) is 18.9. The predicted octanol–water partition coefficient (Wildman–Crippen LogP) is 20.5. The van der Waals surface area contributed by atoms with Crippen molar-refractivity contribution in [1.82, 2.24) is 0 Å². The van der Waals surface area contributed by atoms with Crippen LogP contribution in [0, 0.1) is 17.8 Å². The molecule has 13 rings (SSSR count). The average molecular weight is 1310 g/mol. The van der Waals surface area contributed by atoms with Crippen molar-refractivity contribution < 1.29 is 21.2 Å². The van der Waals surface area contributed by atoms with E-state index in [1.807, 2.05) is 0 Å². The summed E-state index contributed by atoms with van der Waals surface area (Å²) in [6, 6.07) is 82.5. The molecule has 0 fully saturated rings. The summed E-state index contributed by atoms with van der Waals surface area (Å²) in [7, 11) is 0. The molecular weight excluding hydrogens is 1210 g/mol. The summed E-state index contributed by atoms with van der Waals surface area (Å²) in [5.41, 5.74) is 28.1. The van der Waals surface area contributed by atoms with Gasteiger partial charge in [0.2, 0.25) is 0 Å². The zero-order valence-electron chi connectivity index (χ0n) is 56.1. The molecule has 9 aromatic rings. The average Bonchev–Trinajstić information content (AvgIpc) is 1.57. The van der Waals surface area contributed by atoms with Gasteiger partial charge >= 0.3 is 56.7 Å². The Bertz CT molecular complexity index is 4010. The van der Waals surface area contributed by atoms with Gasteiger partial charge in [-0.1, -0.05) is 272 Å². The molecule has 7 atom stereocenters. The van der Waals surface area contributed by atoms with Crippen molar-refractivity contribution in [2.75, 3.05) is 9.36 Å². The van der Waals surface area contributed by atoms with Crippen molar-refractivity contribution in [2.24, 2.45) is 17.8 Å². The molecule has 0 aliphatic heterocycles. The van der Waals surface area contributed by atoms with Crippen LogP contribution in [0.25, 0.3) is 22.3 Å². The molecule has 0 nitrogen and oxygen atoms in total. The SMILES string of the molecule is C/C=C\C(=C/C=CC1(c2ccccc2)CC(c2ccccc2)c2cc3c(cc21)Cc1ccccc1-3)CCC(C)CCC(C)(C)c1ccc(C2(c3ccc(CCC(C)CC)cc3)CC(c3ccccc3)c3cc4c(cc32)Cc2ccccc2-4)cc1.CCC(C)C[I-]C. The van der Waals surface area contributed by atoms with Gasteiger partial charge in [-0.05, 0) is 212 Å². The number of aryl methyl sites for hydroxylation is 1. The summed E-state index contributed by atoms with van der Waals surface area (Å²) < 4.78 is 1.51. The molecule has 0 aromatic heterocycles. The van der Waals surface area contributed by atoms with Gasteiger partial charge in [-0.15, -0.1) is 0 Å². The fourth-order valence-electron chi connectivity index (χ4n) is 16.0. The first-order valence-electron chi connectivity index (χ1n) is 34.7. The zero-order valence-corrected chi connectivity index (χ0v) is 58.2. The van der Waals surface area contributed by atoms with Gasteiger partial charge in [0.25, 0.3) is 0 Å². The van der Waals surface area contributed by atoms with Crippen LogP contribution in [-0.2, 0) is 35.5 Å². The summed E-state index contributed by atoms with van der Waals surface area (Å²) >= 11 is 0.561. The van der Waals surface area contributed by atoms with Crippen LogP contribution in [0.15, 0.2) is 248 Å². The van der Waals surface area contributed by atoms with Gasteiger partial charge in [0.15, 0.2) is 0 Å². The first-order valence-corrected chi connectivity index (χ1v) is 38.4. The Balaban J connectivity index is 0.00000108. The molecule has 4 aliphatic rings. The monoisotopic (exact) mass is 1310 g/mol. The standard InChI is InChI=1S/C84H84.C6H14I/c1-7-23-60(24-22-48-83(69-31-16-11-17-32-69)56-78(62-25-12-9-13-26-62)76-54-74-66(52-80(76)83)50-64-29-18-20-33-72(64)74)38-36-59(4)47-49-82(5,6)68-43-45-71(46-44-68)84(70-41-39-61(40-42-70)37-35-58(3)8-2)57-79(63-27-14-10-15-28-63)77-55-75-67(53-81(77)84)51-65-30-19-21-34-73(65)75;1-4-6(2)5-7-3/h7,9-34,39-46,48,52-55,58-59,78-79H,8,35-38,47,49-51,56-57H2,1-6H3;6H,4-5H2,1-3H3/q;-1/b23-7-,48-22?,60-24+;. The van der Waals surface area contributed by atoms with Crippen molar-refractivity contribution >= 4 is 0 Å². The third-order valence-electron chi connectivity index (χ3n) is 22.0. The maximum absolute atomic E-state index is 2.64. The molecule has 91 heavy (non-hydrogen) atoms. The van der Waals surface area contributed by atoms with Crippen molar-refractivity contribution in [3.8, 4) is 22.3 Å². The van der Waals surface area contributed by atoms with Crippen LogP contribution in [0.3, 0.4) is 0 Å². The molecule has 466 valence electrons. The van der Waals surface area contributed by atoms with E-state index in [1.165, 1.54) is 141 Å². The van der Waals surface area contributed by atoms with Gasteiger partial charge in [-0.25, -0.2) is 0 Å². The van der Waals surface area contributed by atoms with E-state index < -0.39 is 0 Å². The number of fused-ring (bicyclic) bond motifs is 8. The van der Waals surface area contributed by atoms with Crippen LogP contribution in [0.5, 0.6) is 0 Å². The zero-order chi connectivity index (χ0) is 63.1. The minimum atomic E-state index is -0.291. The normalized spacial score (nSPS) is 19.7. The van der Waals surface area contributed by atoms with Gasteiger partial charge in [0, 0.05) is 22.7 Å². The van der Waals surface area contributed by atoms with Crippen molar-refractivity contribution in [2.45, 2.75) is 161 Å². The number of hydrogen-bond acceptors (Lipinski definition) is 0. The van der Waals surface area contributed by atoms with Crippen LogP contribution in [-0.4, -0.2) is 9.36 Å². The molecule has 7 unspecified atom stereocenters. The summed E-state index contributed by atoms with van der Waals surface area (Å²) in [5.74, 6) is 2.90. The van der Waals surface area contributed by atoms with Crippen LogP contribution in [0.1, 0.15) is 208 Å². The minimum absolute atomic E-state index is 0.0263. The van der Waals surface area contributed by atoms with E-state index in [4.69, 9.17) is 0 Å². The summed E-state index contributed by atoms with van der Waals surface area (Å²) in [5, 5.41) is 0. The predicted molar refractivity (Wildman–Crippen MR) is 386 cm³/mol. The van der Waals surface area contributed by atoms with Gasteiger partial charge in [-0.3, -0.25) is 0 Å². The molecule has 0 radical (unpaired) electrons. The van der Waals surface area contributed by atoms with Crippen molar-refractivity contribution in [3.63, 3.8) is 0 Å². The second-order valence-corrected chi connectivity index (χ2v) is 30.8. The van der Waals surface area contributed by atoms with E-state index >= 15 is 0 Å². The fourth-order valence-corrected chi connectivity index (χ4v) is 18.1.